The molecule has 0 N–H and O–H groups in total. The Labute approximate surface area is 120 Å². The molecule has 0 saturated heterocycles. The third-order valence-electron chi connectivity index (χ3n) is 2.80. The van der Waals surface area contributed by atoms with Crippen molar-refractivity contribution in [2.24, 2.45) is 0 Å². The third kappa shape index (κ3) is 4.43. The van der Waals surface area contributed by atoms with Crippen LogP contribution >= 0.6 is 0 Å². The van der Waals surface area contributed by atoms with E-state index in [2.05, 4.69) is 4.74 Å². The van der Waals surface area contributed by atoms with Crippen molar-refractivity contribution in [3.8, 4) is 0 Å². The maximum atomic E-state index is 12.7. The summed E-state index contributed by atoms with van der Waals surface area (Å²) in [5.41, 5.74) is -1.15. The van der Waals surface area contributed by atoms with Gasteiger partial charge in [0.25, 0.3) is 0 Å². The molecule has 0 heterocycles. The highest BCUT2D eigenvalue weighted by Crippen LogP contribution is 2.31. The van der Waals surface area contributed by atoms with Gasteiger partial charge in [0, 0.05) is 13.6 Å². The molecule has 118 valence electrons. The number of methoxy groups -OCH3 is 1. The molecule has 0 fully saturated rings. The number of benzene rings is 1. The van der Waals surface area contributed by atoms with Crippen LogP contribution in [-0.4, -0.2) is 39.1 Å². The van der Waals surface area contributed by atoms with Gasteiger partial charge < -0.3 is 4.74 Å². The van der Waals surface area contributed by atoms with Crippen LogP contribution < -0.4 is 0 Å². The van der Waals surface area contributed by atoms with E-state index in [9.17, 15) is 26.4 Å². The van der Waals surface area contributed by atoms with Gasteiger partial charge in [0.1, 0.15) is 0 Å². The van der Waals surface area contributed by atoms with E-state index in [0.29, 0.717) is 0 Å². The topological polar surface area (TPSA) is 63.7 Å². The van der Waals surface area contributed by atoms with E-state index < -0.39 is 27.7 Å². The Bertz CT molecular complexity index is 640. The Morgan fingerprint density at radius 1 is 1.33 bits per heavy atom. The first-order valence-electron chi connectivity index (χ1n) is 5.66. The number of halogens is 3. The van der Waals surface area contributed by atoms with Gasteiger partial charge in [-0.3, -0.25) is 0 Å². The number of sulfonamides is 1. The summed E-state index contributed by atoms with van der Waals surface area (Å²) in [5.74, 6) is -0.833. The minimum absolute atomic E-state index is 0.0791. The van der Waals surface area contributed by atoms with Gasteiger partial charge in [-0.25, -0.2) is 17.5 Å². The molecule has 1 aromatic rings. The van der Waals surface area contributed by atoms with Crippen molar-refractivity contribution in [2.45, 2.75) is 12.7 Å². The molecule has 0 aliphatic carbocycles. The van der Waals surface area contributed by atoms with Crippen molar-refractivity contribution in [1.29, 1.82) is 0 Å². The van der Waals surface area contributed by atoms with Gasteiger partial charge in [0.05, 0.1) is 24.5 Å². The molecule has 0 spiro atoms. The van der Waals surface area contributed by atoms with Crippen LogP contribution in [0.1, 0.15) is 21.5 Å². The Kier molecular flexibility index (Phi) is 5.00. The highest BCUT2D eigenvalue weighted by molar-refractivity contribution is 7.88. The summed E-state index contributed by atoms with van der Waals surface area (Å²) in [6, 6.07) is 2.46. The van der Waals surface area contributed by atoms with Crippen LogP contribution in [-0.2, 0) is 27.5 Å². The first-order chi connectivity index (χ1) is 9.46. The number of hydrogen-bond acceptors (Lipinski definition) is 4. The molecule has 0 saturated carbocycles. The number of hydrogen-bond donors (Lipinski definition) is 0. The minimum Gasteiger partial charge on any atom is -0.465 e. The molecule has 1 rings (SSSR count). The first kappa shape index (κ1) is 17.4. The van der Waals surface area contributed by atoms with Crippen molar-refractivity contribution in [3.05, 3.63) is 34.9 Å². The SMILES string of the molecule is COC(=O)c1ccc(C(F)(F)F)cc1CN(C)S(C)(=O)=O. The molecule has 0 radical (unpaired) electrons. The maximum Gasteiger partial charge on any atom is 0.416 e. The van der Waals surface area contributed by atoms with E-state index in [4.69, 9.17) is 0 Å². The molecule has 0 aliphatic heterocycles. The van der Waals surface area contributed by atoms with E-state index in [-0.39, 0.29) is 17.7 Å². The normalized spacial score (nSPS) is 12.5. The second-order valence-electron chi connectivity index (χ2n) is 4.38. The smallest absolute Gasteiger partial charge is 0.416 e. The zero-order chi connectivity index (χ0) is 16.4. The lowest BCUT2D eigenvalue weighted by molar-refractivity contribution is -0.137. The van der Waals surface area contributed by atoms with Gasteiger partial charge in [-0.1, -0.05) is 0 Å². The zero-order valence-electron chi connectivity index (χ0n) is 11.6. The number of nitrogens with zero attached hydrogens (tertiary/aromatic N) is 1. The third-order valence-corrected chi connectivity index (χ3v) is 4.06. The number of carbonyl (C=O) groups is 1. The Hall–Kier alpha value is -1.61. The molecule has 0 unspecified atom stereocenters. The summed E-state index contributed by atoms with van der Waals surface area (Å²) in [4.78, 5) is 11.6. The largest absolute Gasteiger partial charge is 0.465 e. The quantitative estimate of drug-likeness (QED) is 0.793. The molecular formula is C12H14F3NO4S. The molecule has 0 bridgehead atoms. The van der Waals surface area contributed by atoms with Crippen LogP contribution in [0.3, 0.4) is 0 Å². The molecular weight excluding hydrogens is 311 g/mol. The molecule has 0 atom stereocenters. The number of rotatable bonds is 4. The van der Waals surface area contributed by atoms with Crippen LogP contribution in [0.2, 0.25) is 0 Å². The van der Waals surface area contributed by atoms with Gasteiger partial charge >= 0.3 is 12.1 Å². The predicted octanol–water partition coefficient (Wildman–Crippen LogP) is 1.88. The highest BCUT2D eigenvalue weighted by Gasteiger charge is 2.32. The van der Waals surface area contributed by atoms with Crippen molar-refractivity contribution >= 4 is 16.0 Å². The van der Waals surface area contributed by atoms with Gasteiger partial charge in [-0.05, 0) is 23.8 Å². The Balaban J connectivity index is 3.33. The summed E-state index contributed by atoms with van der Waals surface area (Å²) in [6.07, 6.45) is -3.68. The molecule has 1 aromatic carbocycles. The van der Waals surface area contributed by atoms with Crippen molar-refractivity contribution < 1.29 is 31.1 Å². The van der Waals surface area contributed by atoms with Crippen LogP contribution in [0, 0.1) is 0 Å². The van der Waals surface area contributed by atoms with Gasteiger partial charge in [0.2, 0.25) is 10.0 Å². The summed E-state index contributed by atoms with van der Waals surface area (Å²) in [5, 5.41) is 0. The lowest BCUT2D eigenvalue weighted by atomic mass is 10.0. The summed E-state index contributed by atoms with van der Waals surface area (Å²) in [7, 11) is -1.31. The lowest BCUT2D eigenvalue weighted by Gasteiger charge is -2.17. The fourth-order valence-corrected chi connectivity index (χ4v) is 1.94. The number of alkyl halides is 3. The molecule has 21 heavy (non-hydrogen) atoms. The predicted molar refractivity (Wildman–Crippen MR) is 69.1 cm³/mol. The van der Waals surface area contributed by atoms with E-state index in [1.165, 1.54) is 7.05 Å². The summed E-state index contributed by atoms with van der Waals surface area (Å²) in [6.45, 7) is -0.368. The molecule has 5 nitrogen and oxygen atoms in total. The van der Waals surface area contributed by atoms with E-state index in [1.54, 1.807) is 0 Å². The van der Waals surface area contributed by atoms with E-state index in [1.807, 2.05) is 0 Å². The monoisotopic (exact) mass is 325 g/mol. The average molecular weight is 325 g/mol. The highest BCUT2D eigenvalue weighted by atomic mass is 32.2. The van der Waals surface area contributed by atoms with Crippen LogP contribution in [0.4, 0.5) is 13.2 Å². The first-order valence-corrected chi connectivity index (χ1v) is 7.51. The van der Waals surface area contributed by atoms with Crippen molar-refractivity contribution in [1.82, 2.24) is 4.31 Å². The number of esters is 1. The van der Waals surface area contributed by atoms with E-state index >= 15 is 0 Å². The summed E-state index contributed by atoms with van der Waals surface area (Å²) < 4.78 is 66.2. The molecule has 0 aromatic heterocycles. The van der Waals surface area contributed by atoms with Crippen LogP contribution in [0.5, 0.6) is 0 Å². The fourth-order valence-electron chi connectivity index (χ4n) is 1.57. The Morgan fingerprint density at radius 3 is 2.33 bits per heavy atom. The molecule has 9 heteroatoms. The fraction of sp³-hybridized carbons (Fsp3) is 0.417. The second-order valence-corrected chi connectivity index (χ2v) is 6.47. The average Bonchev–Trinajstić information content (AvgIpc) is 2.35. The van der Waals surface area contributed by atoms with Crippen LogP contribution in [0.25, 0.3) is 0 Å². The van der Waals surface area contributed by atoms with Crippen molar-refractivity contribution in [2.75, 3.05) is 20.4 Å². The zero-order valence-corrected chi connectivity index (χ0v) is 12.4. The minimum atomic E-state index is -4.59. The molecule has 0 amide bonds. The van der Waals surface area contributed by atoms with Gasteiger partial charge in [-0.15, -0.1) is 0 Å². The standard InChI is InChI=1S/C12H14F3NO4S/c1-16(21(3,18)19)7-8-6-9(12(13,14)15)4-5-10(8)11(17)20-2/h4-6H,7H2,1-3H3. The second kappa shape index (κ2) is 6.02. The van der Waals surface area contributed by atoms with Gasteiger partial charge in [0.15, 0.2) is 0 Å². The van der Waals surface area contributed by atoms with Gasteiger partial charge in [-0.2, -0.15) is 13.2 Å². The summed E-state index contributed by atoms with van der Waals surface area (Å²) >= 11 is 0. The van der Waals surface area contributed by atoms with Crippen LogP contribution in [0.15, 0.2) is 18.2 Å². The lowest BCUT2D eigenvalue weighted by Crippen LogP contribution is -2.26. The van der Waals surface area contributed by atoms with Crippen molar-refractivity contribution in [3.63, 3.8) is 0 Å². The molecule has 0 aliphatic rings. The maximum absolute atomic E-state index is 12.7. The number of carbonyl (C=O) groups excluding carboxylic acids is 1. The van der Waals surface area contributed by atoms with E-state index in [0.717, 1.165) is 35.9 Å². The Morgan fingerprint density at radius 2 is 1.90 bits per heavy atom. The number of ether oxygens (including phenoxy) is 1.